The van der Waals surface area contributed by atoms with Gasteiger partial charge in [-0.3, -0.25) is 14.4 Å². The molecule has 0 unspecified atom stereocenters. The zero-order valence-electron chi connectivity index (χ0n) is 18.8. The van der Waals surface area contributed by atoms with Crippen molar-refractivity contribution in [3.05, 3.63) is 60.2 Å². The summed E-state index contributed by atoms with van der Waals surface area (Å²) >= 11 is 0. The molecule has 2 rings (SSSR count). The lowest BCUT2D eigenvalue weighted by Crippen LogP contribution is -2.51. The third-order valence-corrected chi connectivity index (χ3v) is 5.18. The van der Waals surface area contributed by atoms with Crippen molar-refractivity contribution >= 4 is 17.7 Å². The monoisotopic (exact) mass is 438 g/mol. The molecule has 0 fully saturated rings. The fourth-order valence-electron chi connectivity index (χ4n) is 3.34. The van der Waals surface area contributed by atoms with Crippen molar-refractivity contribution in [2.75, 3.05) is 6.54 Å². The van der Waals surface area contributed by atoms with Crippen LogP contribution >= 0.6 is 0 Å². The SMILES string of the molecule is CC(C)C[C@H](NC(=O)[C@@H](N)CCC(=O)NCCc1ccc(-c2ccccc2)cc1)C(N)=O. The van der Waals surface area contributed by atoms with Crippen LogP contribution in [-0.2, 0) is 20.8 Å². The van der Waals surface area contributed by atoms with Crippen LogP contribution in [0.5, 0.6) is 0 Å². The second kappa shape index (κ2) is 12.6. The summed E-state index contributed by atoms with van der Waals surface area (Å²) in [4.78, 5) is 35.8. The number of hydrogen-bond acceptors (Lipinski definition) is 4. The van der Waals surface area contributed by atoms with Gasteiger partial charge in [0.15, 0.2) is 0 Å². The summed E-state index contributed by atoms with van der Waals surface area (Å²) in [6.45, 7) is 4.37. The van der Waals surface area contributed by atoms with Gasteiger partial charge in [-0.1, -0.05) is 68.4 Å². The lowest BCUT2D eigenvalue weighted by atomic mass is 10.0. The van der Waals surface area contributed by atoms with Gasteiger partial charge < -0.3 is 22.1 Å². The average molecular weight is 439 g/mol. The van der Waals surface area contributed by atoms with Crippen LogP contribution in [0.4, 0.5) is 0 Å². The van der Waals surface area contributed by atoms with E-state index in [1.165, 1.54) is 5.56 Å². The highest BCUT2D eigenvalue weighted by Crippen LogP contribution is 2.19. The van der Waals surface area contributed by atoms with Crippen LogP contribution in [0.2, 0.25) is 0 Å². The van der Waals surface area contributed by atoms with E-state index in [1.807, 2.05) is 32.0 Å². The van der Waals surface area contributed by atoms with E-state index in [4.69, 9.17) is 11.5 Å². The molecule has 0 aliphatic rings. The van der Waals surface area contributed by atoms with Crippen LogP contribution in [0.3, 0.4) is 0 Å². The van der Waals surface area contributed by atoms with Crippen LogP contribution in [0.25, 0.3) is 11.1 Å². The molecule has 0 aliphatic carbocycles. The maximum atomic E-state index is 12.2. The summed E-state index contributed by atoms with van der Waals surface area (Å²) in [6.07, 6.45) is 1.48. The van der Waals surface area contributed by atoms with E-state index in [-0.39, 0.29) is 24.7 Å². The Hall–Kier alpha value is -3.19. The smallest absolute Gasteiger partial charge is 0.240 e. The average Bonchev–Trinajstić information content (AvgIpc) is 2.77. The molecule has 0 saturated heterocycles. The third kappa shape index (κ3) is 8.51. The molecular formula is C25H34N4O3. The zero-order valence-corrected chi connectivity index (χ0v) is 18.8. The Morgan fingerprint density at radius 2 is 1.56 bits per heavy atom. The third-order valence-electron chi connectivity index (χ3n) is 5.18. The Morgan fingerprint density at radius 3 is 2.16 bits per heavy atom. The van der Waals surface area contributed by atoms with Crippen LogP contribution in [-0.4, -0.2) is 36.3 Å². The molecule has 0 saturated carbocycles. The Balaban J connectivity index is 1.70. The van der Waals surface area contributed by atoms with E-state index in [2.05, 4.69) is 47.0 Å². The maximum absolute atomic E-state index is 12.2. The Kier molecular flexibility index (Phi) is 9.88. The minimum absolute atomic E-state index is 0.132. The van der Waals surface area contributed by atoms with Gasteiger partial charge in [0.25, 0.3) is 0 Å². The van der Waals surface area contributed by atoms with Gasteiger partial charge in [0.1, 0.15) is 6.04 Å². The van der Waals surface area contributed by atoms with Gasteiger partial charge in [-0.25, -0.2) is 0 Å². The summed E-state index contributed by atoms with van der Waals surface area (Å²) in [7, 11) is 0. The minimum atomic E-state index is -0.875. The molecule has 32 heavy (non-hydrogen) atoms. The van der Waals surface area contributed by atoms with Gasteiger partial charge in [-0.15, -0.1) is 0 Å². The topological polar surface area (TPSA) is 127 Å². The van der Waals surface area contributed by atoms with Crippen molar-refractivity contribution in [1.29, 1.82) is 0 Å². The Labute approximate surface area is 189 Å². The predicted molar refractivity (Wildman–Crippen MR) is 126 cm³/mol. The standard InChI is InChI=1S/C25H34N4O3/c1-17(2)16-22(24(27)31)29-25(32)21(26)12-13-23(30)28-15-14-18-8-10-20(11-9-18)19-6-4-3-5-7-19/h3-11,17,21-22H,12-16,26H2,1-2H3,(H2,27,31)(H,28,30)(H,29,32)/t21-,22-/m0/s1. The first kappa shape index (κ1) is 25.1. The summed E-state index contributed by atoms with van der Waals surface area (Å²) in [5.74, 6) is -1.03. The quantitative estimate of drug-likeness (QED) is 0.405. The number of rotatable bonds is 12. The molecular weight excluding hydrogens is 404 g/mol. The number of carbonyl (C=O) groups excluding carboxylic acids is 3. The van der Waals surface area contributed by atoms with Gasteiger partial charge >= 0.3 is 0 Å². The number of carbonyl (C=O) groups is 3. The summed E-state index contributed by atoms with van der Waals surface area (Å²) in [5.41, 5.74) is 14.7. The highest BCUT2D eigenvalue weighted by Gasteiger charge is 2.23. The van der Waals surface area contributed by atoms with E-state index < -0.39 is 23.9 Å². The summed E-state index contributed by atoms with van der Waals surface area (Å²) in [6, 6.07) is 16.8. The van der Waals surface area contributed by atoms with E-state index in [0.29, 0.717) is 19.4 Å². The molecule has 0 aliphatic heterocycles. The van der Waals surface area contributed by atoms with E-state index in [9.17, 15) is 14.4 Å². The molecule has 7 nitrogen and oxygen atoms in total. The molecule has 7 heteroatoms. The van der Waals surface area contributed by atoms with E-state index >= 15 is 0 Å². The Morgan fingerprint density at radius 1 is 0.938 bits per heavy atom. The Bertz CT molecular complexity index is 882. The van der Waals surface area contributed by atoms with Gasteiger partial charge in [-0.2, -0.15) is 0 Å². The molecule has 172 valence electrons. The largest absolute Gasteiger partial charge is 0.368 e. The normalized spacial score (nSPS) is 12.8. The van der Waals surface area contributed by atoms with E-state index in [1.54, 1.807) is 0 Å². The summed E-state index contributed by atoms with van der Waals surface area (Å²) in [5, 5.41) is 5.44. The van der Waals surface area contributed by atoms with Crippen molar-refractivity contribution in [3.63, 3.8) is 0 Å². The minimum Gasteiger partial charge on any atom is -0.368 e. The van der Waals surface area contributed by atoms with Crippen LogP contribution in [0.15, 0.2) is 54.6 Å². The first-order valence-corrected chi connectivity index (χ1v) is 11.0. The van der Waals surface area contributed by atoms with Crippen LogP contribution in [0, 0.1) is 5.92 Å². The molecule has 6 N–H and O–H groups in total. The molecule has 3 amide bonds. The number of amides is 3. The number of nitrogens with two attached hydrogens (primary N) is 2. The zero-order chi connectivity index (χ0) is 23.5. The molecule has 0 radical (unpaired) electrons. The fraction of sp³-hybridized carbons (Fsp3) is 0.400. The molecule has 2 atom stereocenters. The van der Waals surface area contributed by atoms with E-state index in [0.717, 1.165) is 11.1 Å². The van der Waals surface area contributed by atoms with Crippen molar-refractivity contribution < 1.29 is 14.4 Å². The maximum Gasteiger partial charge on any atom is 0.240 e. The lowest BCUT2D eigenvalue weighted by Gasteiger charge is -2.20. The van der Waals surface area contributed by atoms with Crippen LogP contribution in [0.1, 0.15) is 38.7 Å². The highest BCUT2D eigenvalue weighted by atomic mass is 16.2. The first-order valence-electron chi connectivity index (χ1n) is 11.0. The van der Waals surface area contributed by atoms with Gasteiger partial charge in [0.2, 0.25) is 17.7 Å². The first-order chi connectivity index (χ1) is 15.3. The molecule has 2 aromatic carbocycles. The lowest BCUT2D eigenvalue weighted by molar-refractivity contribution is -0.128. The van der Waals surface area contributed by atoms with Crippen molar-refractivity contribution in [2.24, 2.45) is 17.4 Å². The summed E-state index contributed by atoms with van der Waals surface area (Å²) < 4.78 is 0. The van der Waals surface area contributed by atoms with Crippen molar-refractivity contribution in [1.82, 2.24) is 10.6 Å². The van der Waals surface area contributed by atoms with Crippen molar-refractivity contribution in [3.8, 4) is 11.1 Å². The molecule has 0 spiro atoms. The second-order valence-corrected chi connectivity index (χ2v) is 8.40. The van der Waals surface area contributed by atoms with Gasteiger partial charge in [0.05, 0.1) is 6.04 Å². The van der Waals surface area contributed by atoms with Crippen LogP contribution < -0.4 is 22.1 Å². The molecule has 0 aromatic heterocycles. The number of benzene rings is 2. The second-order valence-electron chi connectivity index (χ2n) is 8.40. The molecule has 0 bridgehead atoms. The predicted octanol–water partition coefficient (Wildman–Crippen LogP) is 2.14. The molecule has 2 aromatic rings. The van der Waals surface area contributed by atoms with Crippen molar-refractivity contribution in [2.45, 2.75) is 51.6 Å². The molecule has 0 heterocycles. The number of primary amides is 1. The fourth-order valence-corrected chi connectivity index (χ4v) is 3.34. The highest BCUT2D eigenvalue weighted by molar-refractivity contribution is 5.89. The van der Waals surface area contributed by atoms with Gasteiger partial charge in [-0.05, 0) is 41.9 Å². The number of nitrogens with one attached hydrogen (secondary N) is 2. The van der Waals surface area contributed by atoms with Gasteiger partial charge in [0, 0.05) is 13.0 Å². The number of hydrogen-bond donors (Lipinski definition) is 4.